The average molecular weight is 230 g/mol. The van der Waals surface area contributed by atoms with Crippen LogP contribution in [0.5, 0.6) is 0 Å². The lowest BCUT2D eigenvalue weighted by molar-refractivity contribution is -0.137. The van der Waals surface area contributed by atoms with E-state index >= 15 is 0 Å². The van der Waals surface area contributed by atoms with Gasteiger partial charge in [-0.3, -0.25) is 9.59 Å². The van der Waals surface area contributed by atoms with Crippen molar-refractivity contribution < 1.29 is 14.7 Å². The van der Waals surface area contributed by atoms with Gasteiger partial charge in [0.25, 0.3) is 0 Å². The third-order valence-corrected chi connectivity index (χ3v) is 2.41. The van der Waals surface area contributed by atoms with Crippen molar-refractivity contribution in [2.45, 2.75) is 45.6 Å². The summed E-state index contributed by atoms with van der Waals surface area (Å²) in [5.74, 6) is -0.549. The van der Waals surface area contributed by atoms with Crippen LogP contribution in [0.2, 0.25) is 0 Å². The molecule has 0 aliphatic rings. The number of rotatable bonds is 8. The summed E-state index contributed by atoms with van der Waals surface area (Å²) in [6, 6.07) is -0.310. The van der Waals surface area contributed by atoms with Crippen molar-refractivity contribution in [3.8, 4) is 0 Å². The summed E-state index contributed by atoms with van der Waals surface area (Å²) in [6.07, 6.45) is 2.11. The summed E-state index contributed by atoms with van der Waals surface area (Å²) >= 11 is 0. The molecule has 0 aliphatic heterocycles. The lowest BCUT2D eigenvalue weighted by atomic mass is 10.0. The Morgan fingerprint density at radius 2 is 1.94 bits per heavy atom. The first-order chi connectivity index (χ1) is 7.45. The van der Waals surface area contributed by atoms with Crippen LogP contribution in [-0.2, 0) is 9.59 Å². The van der Waals surface area contributed by atoms with Gasteiger partial charge in [0.1, 0.15) is 0 Å². The van der Waals surface area contributed by atoms with E-state index in [0.717, 1.165) is 12.8 Å². The molecule has 0 aromatic heterocycles. The number of hydrogen-bond acceptors (Lipinski definition) is 3. The Hall–Kier alpha value is -1.10. The lowest BCUT2D eigenvalue weighted by Gasteiger charge is -2.13. The first-order valence-electron chi connectivity index (χ1n) is 5.67. The third kappa shape index (κ3) is 8.23. The Balaban J connectivity index is 3.69. The monoisotopic (exact) mass is 230 g/mol. The van der Waals surface area contributed by atoms with Crippen molar-refractivity contribution in [1.82, 2.24) is 5.32 Å². The van der Waals surface area contributed by atoms with Gasteiger partial charge in [-0.2, -0.15) is 0 Å². The highest BCUT2D eigenvalue weighted by Crippen LogP contribution is 2.08. The van der Waals surface area contributed by atoms with Crippen LogP contribution in [0.25, 0.3) is 0 Å². The molecule has 0 aromatic rings. The lowest BCUT2D eigenvalue weighted by Crippen LogP contribution is -2.34. The molecule has 0 heterocycles. The smallest absolute Gasteiger partial charge is 0.305 e. The van der Waals surface area contributed by atoms with Crippen LogP contribution < -0.4 is 11.1 Å². The van der Waals surface area contributed by atoms with Gasteiger partial charge in [-0.15, -0.1) is 0 Å². The van der Waals surface area contributed by atoms with Gasteiger partial charge in [-0.25, -0.2) is 0 Å². The van der Waals surface area contributed by atoms with Crippen molar-refractivity contribution in [2.75, 3.05) is 6.54 Å². The summed E-state index contributed by atoms with van der Waals surface area (Å²) in [4.78, 5) is 21.8. The maximum absolute atomic E-state index is 11.4. The Kier molecular flexibility index (Phi) is 7.54. The highest BCUT2D eigenvalue weighted by Gasteiger charge is 2.11. The molecule has 5 nitrogen and oxygen atoms in total. The Bertz CT molecular complexity index is 231. The van der Waals surface area contributed by atoms with Crippen molar-refractivity contribution in [3.05, 3.63) is 0 Å². The highest BCUT2D eigenvalue weighted by atomic mass is 16.4. The van der Waals surface area contributed by atoms with Gasteiger partial charge in [-0.05, 0) is 32.2 Å². The Morgan fingerprint density at radius 1 is 1.31 bits per heavy atom. The summed E-state index contributed by atoms with van der Waals surface area (Å²) < 4.78 is 0. The Labute approximate surface area is 96.4 Å². The van der Waals surface area contributed by atoms with Gasteiger partial charge < -0.3 is 16.2 Å². The van der Waals surface area contributed by atoms with Crippen molar-refractivity contribution >= 4 is 11.9 Å². The molecule has 0 radical (unpaired) electrons. The number of nitrogens with two attached hydrogens (primary N) is 1. The molecule has 0 fully saturated rings. The minimum Gasteiger partial charge on any atom is -0.481 e. The molecule has 0 saturated carbocycles. The standard InChI is InChI=1S/C11H22N2O3/c1-8(5-6-12)3-4-10(14)13-9(2)7-11(15)16/h8-9H,3-7,12H2,1-2H3,(H,13,14)(H,15,16). The normalized spacial score (nSPS) is 14.2. The molecule has 0 saturated heterocycles. The zero-order chi connectivity index (χ0) is 12.6. The van der Waals surface area contributed by atoms with Crippen molar-refractivity contribution in [1.29, 1.82) is 0 Å². The average Bonchev–Trinajstić information content (AvgIpc) is 2.13. The molecule has 0 aliphatic carbocycles. The van der Waals surface area contributed by atoms with Gasteiger partial charge in [0.2, 0.25) is 5.91 Å². The minimum absolute atomic E-state index is 0.0376. The van der Waals surface area contributed by atoms with Gasteiger partial charge in [0, 0.05) is 12.5 Å². The van der Waals surface area contributed by atoms with Crippen LogP contribution in [0.3, 0.4) is 0 Å². The molecule has 0 aromatic carbocycles. The molecule has 0 rings (SSSR count). The quantitative estimate of drug-likeness (QED) is 0.573. The molecular formula is C11H22N2O3. The van der Waals surface area contributed by atoms with Crippen molar-refractivity contribution in [2.24, 2.45) is 11.7 Å². The first kappa shape index (κ1) is 14.9. The Morgan fingerprint density at radius 3 is 2.44 bits per heavy atom. The number of aliphatic carboxylic acids is 1. The van der Waals surface area contributed by atoms with E-state index in [1.54, 1.807) is 6.92 Å². The van der Waals surface area contributed by atoms with Crippen LogP contribution in [0, 0.1) is 5.92 Å². The molecule has 0 bridgehead atoms. The van der Waals surface area contributed by atoms with Gasteiger partial charge in [0.05, 0.1) is 6.42 Å². The van der Waals surface area contributed by atoms with E-state index in [0.29, 0.717) is 18.9 Å². The van der Waals surface area contributed by atoms with Gasteiger partial charge in [0.15, 0.2) is 0 Å². The molecule has 1 amide bonds. The van der Waals surface area contributed by atoms with Gasteiger partial charge in [-0.1, -0.05) is 6.92 Å². The first-order valence-corrected chi connectivity index (χ1v) is 5.67. The third-order valence-electron chi connectivity index (χ3n) is 2.41. The highest BCUT2D eigenvalue weighted by molar-refractivity contribution is 5.77. The zero-order valence-electron chi connectivity index (χ0n) is 10.0. The minimum atomic E-state index is -0.899. The van der Waals surface area contributed by atoms with Gasteiger partial charge >= 0.3 is 5.97 Å². The van der Waals surface area contributed by atoms with Crippen LogP contribution in [0.4, 0.5) is 0 Å². The van der Waals surface area contributed by atoms with Crippen LogP contribution in [0.15, 0.2) is 0 Å². The second kappa shape index (κ2) is 8.10. The van der Waals surface area contributed by atoms with E-state index in [1.165, 1.54) is 0 Å². The van der Waals surface area contributed by atoms with E-state index in [1.807, 2.05) is 0 Å². The fraction of sp³-hybridized carbons (Fsp3) is 0.818. The predicted octanol–water partition coefficient (Wildman–Crippen LogP) is 0.731. The van der Waals surface area contributed by atoms with Crippen LogP contribution in [0.1, 0.15) is 39.5 Å². The molecule has 16 heavy (non-hydrogen) atoms. The maximum atomic E-state index is 11.4. The van der Waals surface area contributed by atoms with E-state index in [-0.39, 0.29) is 18.4 Å². The fourth-order valence-electron chi connectivity index (χ4n) is 1.47. The second-order valence-electron chi connectivity index (χ2n) is 4.29. The summed E-state index contributed by atoms with van der Waals surface area (Å²) in [5.41, 5.74) is 5.41. The molecule has 4 N–H and O–H groups in total. The van der Waals surface area contributed by atoms with Crippen molar-refractivity contribution in [3.63, 3.8) is 0 Å². The second-order valence-corrected chi connectivity index (χ2v) is 4.29. The molecule has 0 spiro atoms. The molecule has 2 unspecified atom stereocenters. The summed E-state index contributed by atoms with van der Waals surface area (Å²) in [6.45, 7) is 4.38. The van der Waals surface area contributed by atoms with E-state index in [4.69, 9.17) is 10.8 Å². The molecular weight excluding hydrogens is 208 g/mol. The van der Waals surface area contributed by atoms with E-state index in [2.05, 4.69) is 12.2 Å². The fourth-order valence-corrected chi connectivity index (χ4v) is 1.47. The van der Waals surface area contributed by atoms with Crippen LogP contribution in [-0.4, -0.2) is 29.6 Å². The number of carbonyl (C=O) groups is 2. The number of carboxylic acid groups (broad SMARTS) is 1. The van der Waals surface area contributed by atoms with E-state index < -0.39 is 5.97 Å². The molecule has 5 heteroatoms. The maximum Gasteiger partial charge on any atom is 0.305 e. The number of carboxylic acids is 1. The number of nitrogens with one attached hydrogen (secondary N) is 1. The predicted molar refractivity (Wildman–Crippen MR) is 61.9 cm³/mol. The molecule has 2 atom stereocenters. The SMILES string of the molecule is CC(CCN)CCC(=O)NC(C)CC(=O)O. The zero-order valence-corrected chi connectivity index (χ0v) is 10.0. The summed E-state index contributed by atoms with van der Waals surface area (Å²) in [5, 5.41) is 11.2. The number of hydrogen-bond donors (Lipinski definition) is 3. The largest absolute Gasteiger partial charge is 0.481 e. The number of amides is 1. The summed E-state index contributed by atoms with van der Waals surface area (Å²) in [7, 11) is 0. The topological polar surface area (TPSA) is 92.4 Å². The number of carbonyl (C=O) groups excluding carboxylic acids is 1. The van der Waals surface area contributed by atoms with E-state index in [9.17, 15) is 9.59 Å². The molecule has 94 valence electrons. The van der Waals surface area contributed by atoms with Crippen LogP contribution >= 0.6 is 0 Å².